The third-order valence-electron chi connectivity index (χ3n) is 4.01. The molecule has 6 heteroatoms. The van der Waals surface area contributed by atoms with Crippen LogP contribution in [0.3, 0.4) is 0 Å². The topological polar surface area (TPSA) is 42.5 Å². The molecular weight excluding hydrogens is 356 g/mol. The van der Waals surface area contributed by atoms with Crippen LogP contribution in [0, 0.1) is 0 Å². The van der Waals surface area contributed by atoms with Crippen molar-refractivity contribution in [2.75, 3.05) is 24.9 Å². The number of benzene rings is 2. The van der Waals surface area contributed by atoms with E-state index < -0.39 is 0 Å². The Morgan fingerprint density at radius 3 is 2.28 bits per heavy atom. The Balaban J connectivity index is 0.00000312. The van der Waals surface area contributed by atoms with E-state index >= 15 is 0 Å². The van der Waals surface area contributed by atoms with Gasteiger partial charge in [-0.25, -0.2) is 0 Å². The molecule has 1 atom stereocenters. The minimum absolute atomic E-state index is 0. The van der Waals surface area contributed by atoms with E-state index in [1.807, 2.05) is 30.3 Å². The van der Waals surface area contributed by atoms with Crippen molar-refractivity contribution in [2.45, 2.75) is 26.2 Å². The molecule has 1 unspecified atom stereocenters. The molecule has 0 saturated carbocycles. The van der Waals surface area contributed by atoms with Gasteiger partial charge in [-0.1, -0.05) is 26.0 Å². The largest absolute Gasteiger partial charge is 0.497 e. The summed E-state index contributed by atoms with van der Waals surface area (Å²) in [5, 5.41) is 6.85. The van der Waals surface area contributed by atoms with Crippen LogP contribution in [-0.4, -0.2) is 19.3 Å². The first-order valence-electron chi connectivity index (χ1n) is 7.97. The van der Waals surface area contributed by atoms with Crippen LogP contribution in [0.15, 0.2) is 42.5 Å². The van der Waals surface area contributed by atoms with E-state index in [1.54, 1.807) is 14.2 Å². The first-order valence-corrected chi connectivity index (χ1v) is 8.38. The van der Waals surface area contributed by atoms with Crippen LogP contribution >= 0.6 is 24.6 Å². The standard InChI is InChI=1S/C19H24N2O2S.ClH/c1-5-13(2)14-6-8-15(9-7-14)20-19(24)21-17-11-10-16(22-3)12-18(17)23-4;/h6-13H,5H2,1-4H3,(H2,20,21,24);1H. The normalized spacial score (nSPS) is 11.0. The average molecular weight is 381 g/mol. The van der Waals surface area contributed by atoms with Gasteiger partial charge in [-0.15, -0.1) is 12.4 Å². The monoisotopic (exact) mass is 380 g/mol. The fourth-order valence-corrected chi connectivity index (χ4v) is 2.54. The maximum atomic E-state index is 5.39. The average Bonchev–Trinajstić information content (AvgIpc) is 2.61. The van der Waals surface area contributed by atoms with Gasteiger partial charge in [-0.05, 0) is 54.4 Å². The van der Waals surface area contributed by atoms with Crippen molar-refractivity contribution in [2.24, 2.45) is 0 Å². The Morgan fingerprint density at radius 1 is 1.04 bits per heavy atom. The molecule has 0 aromatic heterocycles. The predicted molar refractivity (Wildman–Crippen MR) is 112 cm³/mol. The smallest absolute Gasteiger partial charge is 0.175 e. The van der Waals surface area contributed by atoms with Crippen LogP contribution in [0.2, 0.25) is 0 Å². The van der Waals surface area contributed by atoms with Gasteiger partial charge < -0.3 is 20.1 Å². The third-order valence-corrected chi connectivity index (χ3v) is 4.21. The van der Waals surface area contributed by atoms with Crippen molar-refractivity contribution in [3.8, 4) is 11.5 Å². The first-order chi connectivity index (χ1) is 11.6. The number of hydrogen-bond donors (Lipinski definition) is 2. The number of rotatable bonds is 6. The first kappa shape index (κ1) is 21.1. The van der Waals surface area contributed by atoms with Crippen molar-refractivity contribution in [1.29, 1.82) is 0 Å². The van der Waals surface area contributed by atoms with Crippen LogP contribution in [0.1, 0.15) is 31.7 Å². The summed E-state index contributed by atoms with van der Waals surface area (Å²) in [5.41, 5.74) is 3.07. The number of anilines is 2. The molecule has 0 bridgehead atoms. The third kappa shape index (κ3) is 5.80. The lowest BCUT2D eigenvalue weighted by atomic mass is 9.99. The molecule has 0 aliphatic rings. The summed E-state index contributed by atoms with van der Waals surface area (Å²) >= 11 is 5.39. The molecule has 4 nitrogen and oxygen atoms in total. The lowest BCUT2D eigenvalue weighted by Crippen LogP contribution is -2.19. The van der Waals surface area contributed by atoms with E-state index in [0.29, 0.717) is 16.8 Å². The number of hydrogen-bond acceptors (Lipinski definition) is 3. The van der Waals surface area contributed by atoms with Crippen LogP contribution in [0.5, 0.6) is 11.5 Å². The van der Waals surface area contributed by atoms with E-state index in [2.05, 4.69) is 36.6 Å². The lowest BCUT2D eigenvalue weighted by molar-refractivity contribution is 0.395. The summed E-state index contributed by atoms with van der Waals surface area (Å²) in [7, 11) is 3.24. The zero-order valence-electron chi connectivity index (χ0n) is 15.0. The number of methoxy groups -OCH3 is 2. The zero-order valence-corrected chi connectivity index (χ0v) is 16.6. The molecule has 0 radical (unpaired) electrons. The van der Waals surface area contributed by atoms with E-state index in [9.17, 15) is 0 Å². The fraction of sp³-hybridized carbons (Fsp3) is 0.316. The van der Waals surface area contributed by atoms with Crippen molar-refractivity contribution in [3.05, 3.63) is 48.0 Å². The highest BCUT2D eigenvalue weighted by Crippen LogP contribution is 2.29. The van der Waals surface area contributed by atoms with E-state index in [1.165, 1.54) is 5.56 Å². The fourth-order valence-electron chi connectivity index (χ4n) is 2.32. The SMILES string of the molecule is CCC(C)c1ccc(NC(=S)Nc2ccc(OC)cc2OC)cc1.Cl. The molecular formula is C19H25ClN2O2S. The Hall–Kier alpha value is -1.98. The zero-order chi connectivity index (χ0) is 17.5. The maximum absolute atomic E-state index is 5.39. The van der Waals surface area contributed by atoms with Gasteiger partial charge in [-0.3, -0.25) is 0 Å². The molecule has 0 aliphatic heterocycles. The van der Waals surface area contributed by atoms with Gasteiger partial charge in [0, 0.05) is 11.8 Å². The van der Waals surface area contributed by atoms with E-state index in [4.69, 9.17) is 21.7 Å². The second-order valence-electron chi connectivity index (χ2n) is 5.58. The highest BCUT2D eigenvalue weighted by atomic mass is 35.5. The van der Waals surface area contributed by atoms with Crippen LogP contribution in [0.25, 0.3) is 0 Å². The van der Waals surface area contributed by atoms with E-state index in [0.717, 1.165) is 23.5 Å². The summed E-state index contributed by atoms with van der Waals surface area (Å²) in [6.45, 7) is 4.42. The Morgan fingerprint density at radius 2 is 1.72 bits per heavy atom. The number of thiocarbonyl (C=S) groups is 1. The van der Waals surface area contributed by atoms with Crippen molar-refractivity contribution < 1.29 is 9.47 Å². The van der Waals surface area contributed by atoms with Gasteiger partial charge in [0.2, 0.25) is 0 Å². The van der Waals surface area contributed by atoms with Crippen LogP contribution in [0.4, 0.5) is 11.4 Å². The van der Waals surface area contributed by atoms with Gasteiger partial charge in [0.25, 0.3) is 0 Å². The molecule has 0 heterocycles. The summed E-state index contributed by atoms with van der Waals surface area (Å²) in [6.07, 6.45) is 1.13. The molecule has 2 aromatic carbocycles. The molecule has 25 heavy (non-hydrogen) atoms. The highest BCUT2D eigenvalue weighted by Gasteiger charge is 2.07. The van der Waals surface area contributed by atoms with Gasteiger partial charge in [-0.2, -0.15) is 0 Å². The number of nitrogens with one attached hydrogen (secondary N) is 2. The molecule has 2 rings (SSSR count). The Bertz CT molecular complexity index is 692. The maximum Gasteiger partial charge on any atom is 0.175 e. The number of ether oxygens (including phenoxy) is 2. The molecule has 2 aromatic rings. The van der Waals surface area contributed by atoms with Gasteiger partial charge in [0.15, 0.2) is 5.11 Å². The van der Waals surface area contributed by atoms with E-state index in [-0.39, 0.29) is 12.4 Å². The quantitative estimate of drug-likeness (QED) is 0.652. The molecule has 136 valence electrons. The molecule has 0 fully saturated rings. The predicted octanol–water partition coefficient (Wildman–Crippen LogP) is 5.45. The second-order valence-corrected chi connectivity index (χ2v) is 5.98. The van der Waals surface area contributed by atoms with Gasteiger partial charge in [0.05, 0.1) is 19.9 Å². The van der Waals surface area contributed by atoms with Crippen LogP contribution < -0.4 is 20.1 Å². The molecule has 0 amide bonds. The molecule has 0 spiro atoms. The number of halogens is 1. The second kappa shape index (κ2) is 10.1. The molecule has 0 saturated heterocycles. The Kier molecular flexibility index (Phi) is 8.52. The van der Waals surface area contributed by atoms with Gasteiger partial charge in [0.1, 0.15) is 11.5 Å². The van der Waals surface area contributed by atoms with Crippen LogP contribution in [-0.2, 0) is 0 Å². The lowest BCUT2D eigenvalue weighted by Gasteiger charge is -2.15. The minimum Gasteiger partial charge on any atom is -0.497 e. The van der Waals surface area contributed by atoms with Gasteiger partial charge >= 0.3 is 0 Å². The highest BCUT2D eigenvalue weighted by molar-refractivity contribution is 7.80. The van der Waals surface area contributed by atoms with Crippen molar-refractivity contribution in [1.82, 2.24) is 0 Å². The van der Waals surface area contributed by atoms with Crippen molar-refractivity contribution in [3.63, 3.8) is 0 Å². The summed E-state index contributed by atoms with van der Waals surface area (Å²) in [5.74, 6) is 1.97. The van der Waals surface area contributed by atoms with Crippen molar-refractivity contribution >= 4 is 41.1 Å². The minimum atomic E-state index is 0. The molecule has 2 N–H and O–H groups in total. The summed E-state index contributed by atoms with van der Waals surface area (Å²) in [4.78, 5) is 0. The summed E-state index contributed by atoms with van der Waals surface area (Å²) < 4.78 is 10.6. The summed E-state index contributed by atoms with van der Waals surface area (Å²) in [6, 6.07) is 13.9. The Labute approximate surface area is 161 Å². The molecule has 0 aliphatic carbocycles.